The number of Topliss-reactive ketones (excluding diaryl/α,β-unsaturated/α-hetero) is 1. The van der Waals surface area contributed by atoms with Crippen LogP contribution in [0, 0.1) is 11.7 Å². The number of amides is 1. The van der Waals surface area contributed by atoms with Crippen molar-refractivity contribution in [2.75, 3.05) is 6.61 Å². The lowest BCUT2D eigenvalue weighted by atomic mass is 9.69. The van der Waals surface area contributed by atoms with Crippen molar-refractivity contribution in [3.8, 4) is 0 Å². The van der Waals surface area contributed by atoms with Gasteiger partial charge in [0.1, 0.15) is 11.7 Å². The highest BCUT2D eigenvalue weighted by Crippen LogP contribution is 2.46. The standard InChI is InChI=1S/C22H20FNO4S/c1-2-28-22(27)20-14(17-8-5-9-29-17)10-16-19(21(20)26)13(11-18(25)24-16)12-6-3-4-7-15(12)23/h3-9,13-14,20H,2,10-11H2,1H3,(H,24,25)/t13-,14+,20+/m1/s1. The monoisotopic (exact) mass is 413 g/mol. The number of ether oxygens (including phenoxy) is 1. The molecule has 1 aliphatic carbocycles. The molecule has 1 amide bonds. The molecule has 4 rings (SSSR count). The molecule has 2 heterocycles. The summed E-state index contributed by atoms with van der Waals surface area (Å²) in [6, 6.07) is 9.87. The smallest absolute Gasteiger partial charge is 0.317 e. The van der Waals surface area contributed by atoms with E-state index in [1.807, 2.05) is 17.5 Å². The minimum Gasteiger partial charge on any atom is -0.465 e. The van der Waals surface area contributed by atoms with Crippen LogP contribution in [0.25, 0.3) is 0 Å². The van der Waals surface area contributed by atoms with Gasteiger partial charge in [0.05, 0.1) is 6.61 Å². The molecule has 0 saturated heterocycles. The van der Waals surface area contributed by atoms with Gasteiger partial charge in [-0.05, 0) is 36.4 Å². The fourth-order valence-corrected chi connectivity index (χ4v) is 5.11. The molecule has 1 aromatic heterocycles. The number of carbonyl (C=O) groups is 3. The second-order valence-electron chi connectivity index (χ2n) is 7.14. The first-order chi connectivity index (χ1) is 14.0. The Labute approximate surface area is 171 Å². The maximum atomic E-state index is 14.5. The third-order valence-corrected chi connectivity index (χ3v) is 6.46. The maximum absolute atomic E-state index is 14.5. The lowest BCUT2D eigenvalue weighted by Crippen LogP contribution is -2.44. The van der Waals surface area contributed by atoms with E-state index in [1.54, 1.807) is 25.1 Å². The van der Waals surface area contributed by atoms with Gasteiger partial charge in [0, 0.05) is 34.4 Å². The van der Waals surface area contributed by atoms with Gasteiger partial charge in [-0.1, -0.05) is 24.3 Å². The second kappa shape index (κ2) is 7.91. The van der Waals surface area contributed by atoms with E-state index in [9.17, 15) is 18.8 Å². The summed E-state index contributed by atoms with van der Waals surface area (Å²) in [5.41, 5.74) is 1.10. The number of halogens is 1. The third kappa shape index (κ3) is 3.51. The summed E-state index contributed by atoms with van der Waals surface area (Å²) in [6.07, 6.45) is 0.284. The van der Waals surface area contributed by atoms with E-state index in [4.69, 9.17) is 4.74 Å². The van der Waals surface area contributed by atoms with Gasteiger partial charge in [-0.25, -0.2) is 4.39 Å². The zero-order valence-corrected chi connectivity index (χ0v) is 16.6. The first kappa shape index (κ1) is 19.5. The molecule has 2 aliphatic rings. The number of thiophene rings is 1. The summed E-state index contributed by atoms with van der Waals surface area (Å²) < 4.78 is 19.7. The zero-order valence-electron chi connectivity index (χ0n) is 15.8. The second-order valence-corrected chi connectivity index (χ2v) is 8.12. The molecule has 1 aromatic carbocycles. The molecule has 2 aromatic rings. The Morgan fingerprint density at radius 1 is 1.21 bits per heavy atom. The van der Waals surface area contributed by atoms with Gasteiger partial charge in [0.15, 0.2) is 5.78 Å². The Morgan fingerprint density at radius 3 is 2.69 bits per heavy atom. The summed E-state index contributed by atoms with van der Waals surface area (Å²) in [6.45, 7) is 1.86. The van der Waals surface area contributed by atoms with Crippen molar-refractivity contribution in [3.63, 3.8) is 0 Å². The van der Waals surface area contributed by atoms with Gasteiger partial charge in [-0.15, -0.1) is 11.3 Å². The highest BCUT2D eigenvalue weighted by Gasteiger charge is 2.48. The molecule has 1 N–H and O–H groups in total. The Bertz CT molecular complexity index is 998. The minimum absolute atomic E-state index is 0.0370. The van der Waals surface area contributed by atoms with Crippen LogP contribution in [0.2, 0.25) is 0 Å². The highest BCUT2D eigenvalue weighted by molar-refractivity contribution is 7.10. The van der Waals surface area contributed by atoms with E-state index in [0.717, 1.165) is 4.88 Å². The molecular formula is C22H20FNO4S. The third-order valence-electron chi connectivity index (χ3n) is 5.46. The van der Waals surface area contributed by atoms with Crippen molar-refractivity contribution < 1.29 is 23.5 Å². The van der Waals surface area contributed by atoms with E-state index in [-0.39, 0.29) is 18.9 Å². The van der Waals surface area contributed by atoms with Crippen molar-refractivity contribution in [2.45, 2.75) is 31.6 Å². The number of carbonyl (C=O) groups excluding carboxylic acids is 3. The Kier molecular flexibility index (Phi) is 5.32. The quantitative estimate of drug-likeness (QED) is 0.613. The van der Waals surface area contributed by atoms with Crippen LogP contribution in [0.1, 0.15) is 42.0 Å². The van der Waals surface area contributed by atoms with Crippen LogP contribution in [0.4, 0.5) is 4.39 Å². The van der Waals surface area contributed by atoms with Gasteiger partial charge in [0.25, 0.3) is 0 Å². The largest absolute Gasteiger partial charge is 0.465 e. The minimum atomic E-state index is -1.00. The summed E-state index contributed by atoms with van der Waals surface area (Å²) in [5.74, 6) is -3.84. The SMILES string of the molecule is CCOC(=O)[C@@H]1C(=O)C2=C(C[C@H]1c1cccs1)NC(=O)C[C@@H]2c1ccccc1F. The molecule has 5 nitrogen and oxygen atoms in total. The first-order valence-electron chi connectivity index (χ1n) is 9.52. The van der Waals surface area contributed by atoms with Crippen LogP contribution in [-0.4, -0.2) is 24.3 Å². The average Bonchev–Trinajstić information content (AvgIpc) is 3.22. The molecule has 0 saturated carbocycles. The van der Waals surface area contributed by atoms with E-state index < -0.39 is 35.3 Å². The zero-order chi connectivity index (χ0) is 20.5. The van der Waals surface area contributed by atoms with Crippen molar-refractivity contribution in [3.05, 3.63) is 69.3 Å². The summed E-state index contributed by atoms with van der Waals surface area (Å²) in [4.78, 5) is 39.5. The summed E-state index contributed by atoms with van der Waals surface area (Å²) >= 11 is 1.46. The molecule has 0 fully saturated rings. The van der Waals surface area contributed by atoms with Crippen LogP contribution in [0.5, 0.6) is 0 Å². The Morgan fingerprint density at radius 2 is 2.00 bits per heavy atom. The average molecular weight is 413 g/mol. The van der Waals surface area contributed by atoms with Gasteiger partial charge in [0.2, 0.25) is 5.91 Å². The normalized spacial score (nSPS) is 24.1. The fourth-order valence-electron chi connectivity index (χ4n) is 4.25. The number of esters is 1. The summed E-state index contributed by atoms with van der Waals surface area (Å²) in [7, 11) is 0. The predicted molar refractivity (Wildman–Crippen MR) is 106 cm³/mol. The Hall–Kier alpha value is -2.80. The molecular weight excluding hydrogens is 393 g/mol. The van der Waals surface area contributed by atoms with Crippen LogP contribution >= 0.6 is 11.3 Å². The Balaban J connectivity index is 1.83. The number of allylic oxidation sites excluding steroid dienone is 2. The van der Waals surface area contributed by atoms with E-state index >= 15 is 0 Å². The molecule has 0 bridgehead atoms. The molecule has 1 aliphatic heterocycles. The van der Waals surface area contributed by atoms with Gasteiger partial charge in [-0.3, -0.25) is 14.4 Å². The first-order valence-corrected chi connectivity index (χ1v) is 10.4. The molecule has 0 unspecified atom stereocenters. The molecule has 0 radical (unpaired) electrons. The number of nitrogens with one attached hydrogen (secondary N) is 1. The van der Waals surface area contributed by atoms with Crippen molar-refractivity contribution in [1.82, 2.24) is 5.32 Å². The van der Waals surface area contributed by atoms with Crippen LogP contribution < -0.4 is 5.32 Å². The molecule has 3 atom stereocenters. The van der Waals surface area contributed by atoms with Crippen molar-refractivity contribution >= 4 is 29.0 Å². The molecule has 29 heavy (non-hydrogen) atoms. The van der Waals surface area contributed by atoms with Crippen LogP contribution in [0.3, 0.4) is 0 Å². The van der Waals surface area contributed by atoms with Gasteiger partial charge < -0.3 is 10.1 Å². The lowest BCUT2D eigenvalue weighted by molar-refractivity contribution is -0.152. The topological polar surface area (TPSA) is 72.5 Å². The number of ketones is 1. The lowest BCUT2D eigenvalue weighted by Gasteiger charge is -2.37. The predicted octanol–water partition coefficient (Wildman–Crippen LogP) is 3.68. The fraction of sp³-hybridized carbons (Fsp3) is 0.318. The maximum Gasteiger partial charge on any atom is 0.317 e. The highest BCUT2D eigenvalue weighted by atomic mass is 32.1. The number of benzene rings is 1. The van der Waals surface area contributed by atoms with Crippen LogP contribution in [-0.2, 0) is 19.1 Å². The number of hydrogen-bond donors (Lipinski definition) is 1. The van der Waals surface area contributed by atoms with Crippen LogP contribution in [0.15, 0.2) is 53.0 Å². The van der Waals surface area contributed by atoms with E-state index in [1.165, 1.54) is 17.4 Å². The number of hydrogen-bond acceptors (Lipinski definition) is 5. The summed E-state index contributed by atoms with van der Waals surface area (Å²) in [5, 5.41) is 4.68. The van der Waals surface area contributed by atoms with Gasteiger partial charge in [-0.2, -0.15) is 0 Å². The van der Waals surface area contributed by atoms with E-state index in [2.05, 4.69) is 5.32 Å². The molecule has 0 spiro atoms. The number of rotatable bonds is 4. The van der Waals surface area contributed by atoms with Crippen molar-refractivity contribution in [1.29, 1.82) is 0 Å². The molecule has 7 heteroatoms. The van der Waals surface area contributed by atoms with Crippen molar-refractivity contribution in [2.24, 2.45) is 5.92 Å². The van der Waals surface area contributed by atoms with E-state index in [0.29, 0.717) is 23.3 Å². The molecule has 150 valence electrons. The van der Waals surface area contributed by atoms with Gasteiger partial charge >= 0.3 is 5.97 Å².